The van der Waals surface area contributed by atoms with Crippen LogP contribution in [0.15, 0.2) is 24.3 Å². The molecule has 12 heavy (non-hydrogen) atoms. The van der Waals surface area contributed by atoms with Crippen molar-refractivity contribution in [3.8, 4) is 0 Å². The molecule has 3 nitrogen and oxygen atoms in total. The number of carbonyl (C=O) groups excluding carboxylic acids is 1. The van der Waals surface area contributed by atoms with E-state index in [1.807, 2.05) is 23.2 Å². The second kappa shape index (κ2) is 2.95. The molecule has 0 atom stereocenters. The molecule has 0 bridgehead atoms. The number of benzene rings is 1. The lowest BCUT2D eigenvalue weighted by Crippen LogP contribution is -2.33. The minimum Gasteiger partial charge on any atom is -0.301 e. The van der Waals surface area contributed by atoms with Gasteiger partial charge in [-0.3, -0.25) is 0 Å². The van der Waals surface area contributed by atoms with Gasteiger partial charge in [0.15, 0.2) is 0 Å². The van der Waals surface area contributed by atoms with E-state index < -0.39 is 0 Å². The van der Waals surface area contributed by atoms with Crippen molar-refractivity contribution < 1.29 is 4.79 Å². The Morgan fingerprint density at radius 3 is 3.17 bits per heavy atom. The van der Waals surface area contributed by atoms with Crippen molar-refractivity contribution in [2.24, 2.45) is 0 Å². The van der Waals surface area contributed by atoms with E-state index in [2.05, 4.69) is 11.5 Å². The van der Waals surface area contributed by atoms with Crippen LogP contribution in [0.25, 0.3) is 0 Å². The van der Waals surface area contributed by atoms with Crippen molar-refractivity contribution in [1.29, 1.82) is 0 Å². The van der Waals surface area contributed by atoms with Gasteiger partial charge >= 0.3 is 0 Å². The summed E-state index contributed by atoms with van der Waals surface area (Å²) in [5.74, 6) is 0. The zero-order valence-corrected chi connectivity index (χ0v) is 6.66. The third kappa shape index (κ3) is 1.08. The highest BCUT2D eigenvalue weighted by Gasteiger charge is 2.16. The summed E-state index contributed by atoms with van der Waals surface area (Å²) in [5, 5.41) is 1.86. The fraction of sp³-hybridized carbons (Fsp3) is 0.222. The summed E-state index contributed by atoms with van der Waals surface area (Å²) in [7, 11) is 0. The van der Waals surface area contributed by atoms with Gasteiger partial charge in [-0.05, 0) is 11.6 Å². The average Bonchev–Trinajstić information content (AvgIpc) is 2.50. The predicted molar refractivity (Wildman–Crippen MR) is 46.7 cm³/mol. The lowest BCUT2D eigenvalue weighted by atomic mass is 10.2. The van der Waals surface area contributed by atoms with E-state index in [-0.39, 0.29) is 0 Å². The smallest absolute Gasteiger partial charge is 0.140 e. The molecule has 0 amide bonds. The highest BCUT2D eigenvalue weighted by molar-refractivity contribution is 5.64. The third-order valence-corrected chi connectivity index (χ3v) is 2.00. The van der Waals surface area contributed by atoms with Crippen LogP contribution in [0, 0.1) is 0 Å². The monoisotopic (exact) mass is 162 g/mol. The van der Waals surface area contributed by atoms with Crippen LogP contribution in [0.2, 0.25) is 0 Å². The van der Waals surface area contributed by atoms with Crippen molar-refractivity contribution in [2.45, 2.75) is 6.54 Å². The fourth-order valence-corrected chi connectivity index (χ4v) is 1.43. The third-order valence-electron chi connectivity index (χ3n) is 2.00. The number of fused-ring (bicyclic) bond motifs is 1. The van der Waals surface area contributed by atoms with Crippen LogP contribution in [0.5, 0.6) is 0 Å². The van der Waals surface area contributed by atoms with Gasteiger partial charge in [0.1, 0.15) is 6.29 Å². The Bertz CT molecular complexity index is 298. The molecule has 1 N–H and O–H groups in total. The second-order valence-electron chi connectivity index (χ2n) is 2.74. The Hall–Kier alpha value is -1.35. The quantitative estimate of drug-likeness (QED) is 0.650. The fourth-order valence-electron chi connectivity index (χ4n) is 1.43. The number of carbonyl (C=O) groups is 1. The Kier molecular flexibility index (Phi) is 1.80. The SMILES string of the molecule is O=CCN1NCc2ccccc21. The highest BCUT2D eigenvalue weighted by atomic mass is 16.1. The lowest BCUT2D eigenvalue weighted by Gasteiger charge is -2.14. The normalized spacial score (nSPS) is 14.5. The molecule has 0 radical (unpaired) electrons. The Labute approximate surface area is 71.0 Å². The first kappa shape index (κ1) is 7.31. The summed E-state index contributed by atoms with van der Waals surface area (Å²) in [6.45, 7) is 1.24. The number of rotatable bonds is 2. The zero-order valence-electron chi connectivity index (χ0n) is 6.66. The molecular formula is C9H10N2O. The first-order chi connectivity index (χ1) is 5.92. The summed E-state index contributed by atoms with van der Waals surface area (Å²) >= 11 is 0. The van der Waals surface area contributed by atoms with E-state index in [1.165, 1.54) is 5.56 Å². The van der Waals surface area contributed by atoms with Crippen LogP contribution in [0.3, 0.4) is 0 Å². The van der Waals surface area contributed by atoms with E-state index >= 15 is 0 Å². The molecule has 1 aromatic rings. The molecule has 1 aliphatic rings. The molecule has 0 aromatic heterocycles. The van der Waals surface area contributed by atoms with Crippen LogP contribution in [0.4, 0.5) is 5.69 Å². The van der Waals surface area contributed by atoms with Gasteiger partial charge in [-0.2, -0.15) is 0 Å². The van der Waals surface area contributed by atoms with Gasteiger partial charge in [0.05, 0.1) is 12.2 Å². The molecule has 0 saturated carbocycles. The van der Waals surface area contributed by atoms with E-state index in [0.717, 1.165) is 18.5 Å². The molecule has 62 valence electrons. The lowest BCUT2D eigenvalue weighted by molar-refractivity contribution is -0.106. The zero-order chi connectivity index (χ0) is 8.39. The molecule has 3 heteroatoms. The topological polar surface area (TPSA) is 32.3 Å². The van der Waals surface area contributed by atoms with Gasteiger partial charge in [0.2, 0.25) is 0 Å². The first-order valence-corrected chi connectivity index (χ1v) is 3.94. The molecule has 0 fully saturated rings. The predicted octanol–water partition coefficient (Wildman–Crippen LogP) is 0.710. The van der Waals surface area contributed by atoms with Crippen molar-refractivity contribution in [2.75, 3.05) is 11.6 Å². The molecule has 0 unspecified atom stereocenters. The number of para-hydroxylation sites is 1. The van der Waals surface area contributed by atoms with Gasteiger partial charge in [0, 0.05) is 6.54 Å². The number of hydrazine groups is 1. The summed E-state index contributed by atoms with van der Waals surface area (Å²) < 4.78 is 0. The molecular weight excluding hydrogens is 152 g/mol. The van der Waals surface area contributed by atoms with Crippen LogP contribution >= 0.6 is 0 Å². The van der Waals surface area contributed by atoms with E-state index in [9.17, 15) is 4.79 Å². The number of aldehydes is 1. The molecule has 1 heterocycles. The largest absolute Gasteiger partial charge is 0.301 e. The maximum Gasteiger partial charge on any atom is 0.140 e. The Morgan fingerprint density at radius 2 is 2.33 bits per heavy atom. The number of hydrogen-bond acceptors (Lipinski definition) is 3. The van der Waals surface area contributed by atoms with Crippen LogP contribution in [-0.4, -0.2) is 12.8 Å². The van der Waals surface area contributed by atoms with E-state index in [0.29, 0.717) is 6.54 Å². The molecule has 0 saturated heterocycles. The molecule has 1 aliphatic heterocycles. The summed E-state index contributed by atoms with van der Waals surface area (Å²) in [6, 6.07) is 8.06. The molecule has 0 spiro atoms. The van der Waals surface area contributed by atoms with Crippen LogP contribution in [-0.2, 0) is 11.3 Å². The van der Waals surface area contributed by atoms with Crippen LogP contribution < -0.4 is 10.4 Å². The summed E-state index contributed by atoms with van der Waals surface area (Å²) in [6.07, 6.45) is 0.898. The summed E-state index contributed by atoms with van der Waals surface area (Å²) in [4.78, 5) is 10.3. The number of nitrogens with zero attached hydrogens (tertiary/aromatic N) is 1. The van der Waals surface area contributed by atoms with Gasteiger partial charge in [-0.15, -0.1) is 0 Å². The van der Waals surface area contributed by atoms with Crippen LogP contribution in [0.1, 0.15) is 5.56 Å². The van der Waals surface area contributed by atoms with Gasteiger partial charge in [0.25, 0.3) is 0 Å². The van der Waals surface area contributed by atoms with Gasteiger partial charge < -0.3 is 9.80 Å². The van der Waals surface area contributed by atoms with Crippen molar-refractivity contribution in [3.63, 3.8) is 0 Å². The second-order valence-corrected chi connectivity index (χ2v) is 2.74. The standard InChI is InChI=1S/C9H10N2O/c12-6-5-11-9-4-2-1-3-8(9)7-10-11/h1-4,6,10H,5,7H2. The number of anilines is 1. The maximum absolute atomic E-state index is 10.3. The van der Waals surface area contributed by atoms with Gasteiger partial charge in [-0.1, -0.05) is 18.2 Å². The van der Waals surface area contributed by atoms with Crippen molar-refractivity contribution in [3.05, 3.63) is 29.8 Å². The molecule has 0 aliphatic carbocycles. The Balaban J connectivity index is 2.29. The Morgan fingerprint density at radius 1 is 1.50 bits per heavy atom. The minimum absolute atomic E-state index is 0.414. The molecule has 2 rings (SSSR count). The number of nitrogens with one attached hydrogen (secondary N) is 1. The average molecular weight is 162 g/mol. The first-order valence-electron chi connectivity index (χ1n) is 3.94. The number of hydrogen-bond donors (Lipinski definition) is 1. The minimum atomic E-state index is 0.414. The highest BCUT2D eigenvalue weighted by Crippen LogP contribution is 2.23. The molecule has 1 aromatic carbocycles. The van der Waals surface area contributed by atoms with E-state index in [1.54, 1.807) is 0 Å². The van der Waals surface area contributed by atoms with E-state index in [4.69, 9.17) is 0 Å². The summed E-state index contributed by atoms with van der Waals surface area (Å²) in [5.41, 5.74) is 5.49. The van der Waals surface area contributed by atoms with Crippen molar-refractivity contribution in [1.82, 2.24) is 5.43 Å². The van der Waals surface area contributed by atoms with Crippen molar-refractivity contribution >= 4 is 12.0 Å². The van der Waals surface area contributed by atoms with Gasteiger partial charge in [-0.25, -0.2) is 5.43 Å². The maximum atomic E-state index is 10.3.